The fourth-order valence-electron chi connectivity index (χ4n) is 4.89. The SMILES string of the molecule is CCOc1ccc(/C=C(/C(=O)N2CCN(c3cc(C)c4cccc(C)c4n3)CC2)c2ccccc2)cc1. The molecule has 0 bridgehead atoms. The third-order valence-electron chi connectivity index (χ3n) is 6.94. The van der Waals surface area contributed by atoms with Gasteiger partial charge in [0.15, 0.2) is 0 Å². The lowest BCUT2D eigenvalue weighted by molar-refractivity contribution is -0.125. The second-order valence-electron chi connectivity index (χ2n) is 9.47. The Labute approximate surface area is 219 Å². The number of amides is 1. The zero-order valence-corrected chi connectivity index (χ0v) is 21.8. The number of para-hydroxylation sites is 1. The van der Waals surface area contributed by atoms with Gasteiger partial charge in [-0.3, -0.25) is 4.79 Å². The first kappa shape index (κ1) is 24.6. The van der Waals surface area contributed by atoms with E-state index in [1.807, 2.05) is 72.5 Å². The van der Waals surface area contributed by atoms with Crippen LogP contribution in [-0.2, 0) is 4.79 Å². The van der Waals surface area contributed by atoms with Gasteiger partial charge in [0.2, 0.25) is 0 Å². The molecule has 1 saturated heterocycles. The van der Waals surface area contributed by atoms with E-state index < -0.39 is 0 Å². The monoisotopic (exact) mass is 491 g/mol. The second kappa shape index (κ2) is 10.9. The third kappa shape index (κ3) is 5.36. The molecule has 0 saturated carbocycles. The lowest BCUT2D eigenvalue weighted by Crippen LogP contribution is -2.49. The van der Waals surface area contributed by atoms with Crippen molar-refractivity contribution < 1.29 is 9.53 Å². The van der Waals surface area contributed by atoms with E-state index in [2.05, 4.69) is 43.0 Å². The molecule has 2 heterocycles. The van der Waals surface area contributed by atoms with Gasteiger partial charge in [-0.05, 0) is 67.3 Å². The predicted molar refractivity (Wildman–Crippen MR) is 152 cm³/mol. The van der Waals surface area contributed by atoms with Crippen molar-refractivity contribution in [2.75, 3.05) is 37.7 Å². The Kier molecular flexibility index (Phi) is 7.22. The van der Waals surface area contributed by atoms with Gasteiger partial charge in [-0.25, -0.2) is 4.98 Å². The fourth-order valence-corrected chi connectivity index (χ4v) is 4.89. The molecule has 37 heavy (non-hydrogen) atoms. The van der Waals surface area contributed by atoms with E-state index in [9.17, 15) is 4.79 Å². The van der Waals surface area contributed by atoms with E-state index in [-0.39, 0.29) is 5.91 Å². The average molecular weight is 492 g/mol. The van der Waals surface area contributed by atoms with Crippen molar-refractivity contribution in [1.29, 1.82) is 0 Å². The van der Waals surface area contributed by atoms with E-state index in [0.717, 1.165) is 41.3 Å². The third-order valence-corrected chi connectivity index (χ3v) is 6.94. The van der Waals surface area contributed by atoms with E-state index in [1.165, 1.54) is 16.5 Å². The number of nitrogens with zero attached hydrogens (tertiary/aromatic N) is 3. The number of piperazine rings is 1. The van der Waals surface area contributed by atoms with Gasteiger partial charge in [-0.2, -0.15) is 0 Å². The first-order valence-electron chi connectivity index (χ1n) is 12.9. The summed E-state index contributed by atoms with van der Waals surface area (Å²) >= 11 is 0. The number of aromatic nitrogens is 1. The Bertz CT molecular complexity index is 1420. The Hall–Kier alpha value is -4.12. The molecule has 0 unspecified atom stereocenters. The molecule has 1 aliphatic rings. The maximum Gasteiger partial charge on any atom is 0.254 e. The van der Waals surface area contributed by atoms with Gasteiger partial charge in [0, 0.05) is 37.1 Å². The maximum atomic E-state index is 13.8. The van der Waals surface area contributed by atoms with Crippen LogP contribution < -0.4 is 9.64 Å². The Morgan fingerprint density at radius 2 is 1.62 bits per heavy atom. The number of aryl methyl sites for hydroxylation is 2. The van der Waals surface area contributed by atoms with Crippen LogP contribution in [-0.4, -0.2) is 48.6 Å². The summed E-state index contributed by atoms with van der Waals surface area (Å²) < 4.78 is 5.57. The number of ether oxygens (including phenoxy) is 1. The molecule has 0 atom stereocenters. The number of carbonyl (C=O) groups excluding carboxylic acids is 1. The van der Waals surface area contributed by atoms with Crippen LogP contribution in [0.1, 0.15) is 29.2 Å². The number of carbonyl (C=O) groups is 1. The highest BCUT2D eigenvalue weighted by Crippen LogP contribution is 2.27. The predicted octanol–water partition coefficient (Wildman–Crippen LogP) is 6.14. The summed E-state index contributed by atoms with van der Waals surface area (Å²) in [6, 6.07) is 26.3. The largest absolute Gasteiger partial charge is 0.494 e. The molecule has 1 fully saturated rings. The smallest absolute Gasteiger partial charge is 0.254 e. The molecule has 3 aromatic carbocycles. The van der Waals surface area contributed by atoms with Gasteiger partial charge >= 0.3 is 0 Å². The highest BCUT2D eigenvalue weighted by atomic mass is 16.5. The van der Waals surface area contributed by atoms with Crippen LogP contribution in [0.5, 0.6) is 5.75 Å². The van der Waals surface area contributed by atoms with Gasteiger partial charge in [0.05, 0.1) is 12.1 Å². The van der Waals surface area contributed by atoms with Crippen molar-refractivity contribution in [3.05, 3.63) is 101 Å². The summed E-state index contributed by atoms with van der Waals surface area (Å²) in [4.78, 5) is 23.0. The molecule has 0 spiro atoms. The van der Waals surface area contributed by atoms with Gasteiger partial charge in [-0.1, -0.05) is 60.7 Å². The molecule has 0 aliphatic carbocycles. The van der Waals surface area contributed by atoms with Crippen LogP contribution in [0.3, 0.4) is 0 Å². The molecule has 0 radical (unpaired) electrons. The van der Waals surface area contributed by atoms with Crippen LogP contribution in [0.15, 0.2) is 78.9 Å². The highest BCUT2D eigenvalue weighted by molar-refractivity contribution is 6.24. The summed E-state index contributed by atoms with van der Waals surface area (Å²) in [5, 5.41) is 1.20. The van der Waals surface area contributed by atoms with Crippen molar-refractivity contribution >= 4 is 34.3 Å². The number of fused-ring (bicyclic) bond motifs is 1. The molecule has 5 heteroatoms. The molecular weight excluding hydrogens is 458 g/mol. The van der Waals surface area contributed by atoms with E-state index in [0.29, 0.717) is 25.3 Å². The number of hydrogen-bond donors (Lipinski definition) is 0. The number of benzene rings is 3. The molecular formula is C32H33N3O2. The number of hydrogen-bond acceptors (Lipinski definition) is 4. The maximum absolute atomic E-state index is 13.8. The summed E-state index contributed by atoms with van der Waals surface area (Å²) in [5.74, 6) is 1.87. The first-order valence-corrected chi connectivity index (χ1v) is 12.9. The van der Waals surface area contributed by atoms with Crippen molar-refractivity contribution in [2.45, 2.75) is 20.8 Å². The minimum Gasteiger partial charge on any atom is -0.494 e. The van der Waals surface area contributed by atoms with Crippen molar-refractivity contribution in [3.63, 3.8) is 0 Å². The van der Waals surface area contributed by atoms with Crippen LogP contribution in [0.2, 0.25) is 0 Å². The van der Waals surface area contributed by atoms with Crippen molar-refractivity contribution in [1.82, 2.24) is 9.88 Å². The van der Waals surface area contributed by atoms with Crippen molar-refractivity contribution in [3.8, 4) is 5.75 Å². The molecule has 188 valence electrons. The fraction of sp³-hybridized carbons (Fsp3) is 0.250. The lowest BCUT2D eigenvalue weighted by Gasteiger charge is -2.36. The zero-order valence-electron chi connectivity index (χ0n) is 21.8. The van der Waals surface area contributed by atoms with Crippen molar-refractivity contribution in [2.24, 2.45) is 0 Å². The Balaban J connectivity index is 1.36. The molecule has 0 N–H and O–H groups in total. The number of anilines is 1. The first-order chi connectivity index (χ1) is 18.0. The molecule has 5 nitrogen and oxygen atoms in total. The average Bonchev–Trinajstić information content (AvgIpc) is 2.93. The highest BCUT2D eigenvalue weighted by Gasteiger charge is 2.25. The van der Waals surface area contributed by atoms with E-state index in [4.69, 9.17) is 9.72 Å². The van der Waals surface area contributed by atoms with Gasteiger partial charge in [-0.15, -0.1) is 0 Å². The van der Waals surface area contributed by atoms with Gasteiger partial charge < -0.3 is 14.5 Å². The van der Waals surface area contributed by atoms with Crippen LogP contribution in [0.25, 0.3) is 22.6 Å². The zero-order chi connectivity index (χ0) is 25.8. The molecule has 1 aromatic heterocycles. The summed E-state index contributed by atoms with van der Waals surface area (Å²) in [6.07, 6.45) is 1.98. The Morgan fingerprint density at radius 1 is 0.892 bits per heavy atom. The quantitative estimate of drug-likeness (QED) is 0.240. The van der Waals surface area contributed by atoms with Crippen LogP contribution >= 0.6 is 0 Å². The van der Waals surface area contributed by atoms with E-state index >= 15 is 0 Å². The molecule has 1 aliphatic heterocycles. The van der Waals surface area contributed by atoms with Crippen LogP contribution in [0.4, 0.5) is 5.82 Å². The Morgan fingerprint density at radius 3 is 2.32 bits per heavy atom. The topological polar surface area (TPSA) is 45.7 Å². The minimum atomic E-state index is 0.0539. The molecule has 1 amide bonds. The van der Waals surface area contributed by atoms with E-state index in [1.54, 1.807) is 0 Å². The number of rotatable bonds is 6. The standard InChI is InChI=1S/C32H33N3O2/c1-4-37-27-15-13-25(14-16-27)22-29(26-10-6-5-7-11-26)32(36)35-19-17-34(18-20-35)30-21-24(3)28-12-8-9-23(2)31(28)33-30/h5-16,21-22H,4,17-20H2,1-3H3/b29-22+. The summed E-state index contributed by atoms with van der Waals surface area (Å²) in [5.41, 5.74) is 6.07. The minimum absolute atomic E-state index is 0.0539. The molecule has 5 rings (SSSR count). The summed E-state index contributed by atoms with van der Waals surface area (Å²) in [6.45, 7) is 9.65. The van der Waals surface area contributed by atoms with Gasteiger partial charge in [0.1, 0.15) is 11.6 Å². The molecule has 4 aromatic rings. The summed E-state index contributed by atoms with van der Waals surface area (Å²) in [7, 11) is 0. The second-order valence-corrected chi connectivity index (χ2v) is 9.47. The number of pyridine rings is 1. The van der Waals surface area contributed by atoms with Gasteiger partial charge in [0.25, 0.3) is 5.91 Å². The lowest BCUT2D eigenvalue weighted by atomic mass is 10.0. The van der Waals surface area contributed by atoms with Crippen LogP contribution in [0, 0.1) is 13.8 Å². The normalized spacial score (nSPS) is 14.2.